The molecule has 0 radical (unpaired) electrons. The molecule has 1 aromatic carbocycles. The Morgan fingerprint density at radius 2 is 1.87 bits per heavy atom. The molecule has 13 heteroatoms. The summed E-state index contributed by atoms with van der Waals surface area (Å²) in [6.07, 6.45) is -2.13. The Bertz CT molecular complexity index is 1390. The molecule has 214 valence electrons. The Balaban J connectivity index is 1.82. The van der Waals surface area contributed by atoms with Crippen molar-refractivity contribution in [2.45, 2.75) is 70.8 Å². The van der Waals surface area contributed by atoms with Crippen molar-refractivity contribution in [3.8, 4) is 17.3 Å². The SMILES string of the molecule is CCn1nc(C(=O)NCC2(C#N)CCC(S(C)(=O)=O)CC2)c(Cl)c1-c1ccc(CC(C)(C)C(F)(F)F)cc1Cl. The first-order valence-corrected chi connectivity index (χ1v) is 15.2. The number of carbonyl (C=O) groups is 1. The highest BCUT2D eigenvalue weighted by Crippen LogP contribution is 2.42. The van der Waals surface area contributed by atoms with Crippen LogP contribution in [0.25, 0.3) is 11.3 Å². The standard InChI is InChI=1S/C26H31Cl2F3N4O3S/c1-5-35-22(18-7-6-16(12-19(18)27)13-24(2,3)26(29,30)31)20(28)21(34-35)23(36)33-15-25(14-32)10-8-17(9-11-25)39(4,37)38/h6-7,12,17H,5,8-11,13,15H2,1-4H3,(H,33,36). The van der Waals surface area contributed by atoms with Crippen molar-refractivity contribution in [3.05, 3.63) is 39.5 Å². The first kappa shape index (κ1) is 31.2. The number of benzene rings is 1. The van der Waals surface area contributed by atoms with Gasteiger partial charge in [0.2, 0.25) is 0 Å². The second kappa shape index (κ2) is 11.3. The Labute approximate surface area is 236 Å². The number of amides is 1. The van der Waals surface area contributed by atoms with E-state index in [0.29, 0.717) is 49.0 Å². The summed E-state index contributed by atoms with van der Waals surface area (Å²) in [7, 11) is -3.21. The molecular formula is C26H31Cl2F3N4O3S. The maximum atomic E-state index is 13.3. The maximum Gasteiger partial charge on any atom is 0.394 e. The van der Waals surface area contributed by atoms with E-state index in [-0.39, 0.29) is 28.7 Å². The van der Waals surface area contributed by atoms with Crippen LogP contribution in [0.4, 0.5) is 13.2 Å². The van der Waals surface area contributed by atoms with E-state index in [4.69, 9.17) is 23.2 Å². The topological polar surface area (TPSA) is 105 Å². The van der Waals surface area contributed by atoms with E-state index < -0.39 is 38.0 Å². The van der Waals surface area contributed by atoms with Crippen LogP contribution in [0, 0.1) is 22.2 Å². The molecule has 0 saturated heterocycles. The van der Waals surface area contributed by atoms with Crippen molar-refractivity contribution in [2.75, 3.05) is 12.8 Å². The first-order valence-electron chi connectivity index (χ1n) is 12.4. The number of sulfone groups is 1. The molecule has 3 rings (SSSR count). The van der Waals surface area contributed by atoms with Crippen LogP contribution in [0.5, 0.6) is 0 Å². The molecular weight excluding hydrogens is 576 g/mol. The number of rotatable bonds is 8. The predicted octanol–water partition coefficient (Wildman–Crippen LogP) is 6.23. The quantitative estimate of drug-likeness (QED) is 0.383. The third kappa shape index (κ3) is 6.72. The van der Waals surface area contributed by atoms with Crippen LogP contribution in [-0.2, 0) is 22.8 Å². The molecule has 7 nitrogen and oxygen atoms in total. The van der Waals surface area contributed by atoms with Gasteiger partial charge in [-0.25, -0.2) is 8.42 Å². The van der Waals surface area contributed by atoms with Crippen LogP contribution in [0.15, 0.2) is 18.2 Å². The van der Waals surface area contributed by atoms with E-state index in [1.165, 1.54) is 17.0 Å². The number of nitriles is 1. The van der Waals surface area contributed by atoms with Gasteiger partial charge in [0.1, 0.15) is 9.84 Å². The molecule has 39 heavy (non-hydrogen) atoms. The van der Waals surface area contributed by atoms with Crippen LogP contribution in [-0.4, -0.2) is 48.3 Å². The summed E-state index contributed by atoms with van der Waals surface area (Å²) in [5.74, 6) is -0.604. The van der Waals surface area contributed by atoms with Gasteiger partial charge in [-0.05, 0) is 50.7 Å². The van der Waals surface area contributed by atoms with E-state index >= 15 is 0 Å². The molecule has 1 heterocycles. The zero-order chi connectivity index (χ0) is 29.4. The van der Waals surface area contributed by atoms with Crippen molar-refractivity contribution in [2.24, 2.45) is 10.8 Å². The Hall–Kier alpha value is -2.29. The lowest BCUT2D eigenvalue weighted by atomic mass is 9.75. The fourth-order valence-corrected chi connectivity index (χ4v) is 6.48. The minimum Gasteiger partial charge on any atom is -0.349 e. The van der Waals surface area contributed by atoms with Crippen molar-refractivity contribution in [1.29, 1.82) is 5.26 Å². The zero-order valence-corrected chi connectivity index (χ0v) is 24.5. The van der Waals surface area contributed by atoms with Gasteiger partial charge in [0.15, 0.2) is 5.69 Å². The number of nitrogens with zero attached hydrogens (tertiary/aromatic N) is 3. The Morgan fingerprint density at radius 1 is 1.26 bits per heavy atom. The molecule has 1 aliphatic rings. The van der Waals surface area contributed by atoms with E-state index in [1.54, 1.807) is 19.1 Å². The number of nitrogens with one attached hydrogen (secondary N) is 1. The maximum absolute atomic E-state index is 13.3. The highest BCUT2D eigenvalue weighted by atomic mass is 35.5. The van der Waals surface area contributed by atoms with Gasteiger partial charge in [-0.3, -0.25) is 9.48 Å². The average Bonchev–Trinajstić information content (AvgIpc) is 3.17. The zero-order valence-electron chi connectivity index (χ0n) is 22.1. The van der Waals surface area contributed by atoms with E-state index in [2.05, 4.69) is 16.5 Å². The summed E-state index contributed by atoms with van der Waals surface area (Å²) in [6, 6.07) is 6.81. The predicted molar refractivity (Wildman–Crippen MR) is 144 cm³/mol. The lowest BCUT2D eigenvalue weighted by Crippen LogP contribution is -2.41. The highest BCUT2D eigenvalue weighted by molar-refractivity contribution is 7.91. The second-order valence-electron chi connectivity index (χ2n) is 10.8. The normalized spacial score (nSPS) is 20.5. The van der Waals surface area contributed by atoms with Crippen LogP contribution >= 0.6 is 23.2 Å². The van der Waals surface area contributed by atoms with Crippen LogP contribution in [0.2, 0.25) is 10.0 Å². The molecule has 0 spiro atoms. The number of hydrogen-bond donors (Lipinski definition) is 1. The van der Waals surface area contributed by atoms with Gasteiger partial charge in [0.25, 0.3) is 5.91 Å². The average molecular weight is 608 g/mol. The number of halogens is 5. The van der Waals surface area contributed by atoms with E-state index in [0.717, 1.165) is 13.8 Å². The Kier molecular flexibility index (Phi) is 9.05. The molecule has 1 fully saturated rings. The van der Waals surface area contributed by atoms with Crippen LogP contribution in [0.3, 0.4) is 0 Å². The van der Waals surface area contributed by atoms with Crippen molar-refractivity contribution < 1.29 is 26.4 Å². The monoisotopic (exact) mass is 606 g/mol. The molecule has 0 aliphatic heterocycles. The highest BCUT2D eigenvalue weighted by Gasteiger charge is 2.47. The van der Waals surface area contributed by atoms with Gasteiger partial charge >= 0.3 is 6.18 Å². The van der Waals surface area contributed by atoms with Gasteiger partial charge < -0.3 is 5.32 Å². The number of alkyl halides is 3. The molecule has 1 aromatic heterocycles. The van der Waals surface area contributed by atoms with Gasteiger partial charge in [-0.2, -0.15) is 23.5 Å². The summed E-state index contributed by atoms with van der Waals surface area (Å²) in [4.78, 5) is 13.1. The van der Waals surface area contributed by atoms with Crippen molar-refractivity contribution in [1.82, 2.24) is 15.1 Å². The molecule has 1 amide bonds. The van der Waals surface area contributed by atoms with Gasteiger partial charge in [-0.1, -0.05) is 49.2 Å². The van der Waals surface area contributed by atoms with E-state index in [1.807, 2.05) is 0 Å². The minimum absolute atomic E-state index is 0.00784. The summed E-state index contributed by atoms with van der Waals surface area (Å²) in [5.41, 5.74) is -1.77. The van der Waals surface area contributed by atoms with Crippen molar-refractivity contribution in [3.63, 3.8) is 0 Å². The molecule has 0 atom stereocenters. The number of carbonyl (C=O) groups excluding carboxylic acids is 1. The van der Waals surface area contributed by atoms with Crippen LogP contribution in [0.1, 0.15) is 62.5 Å². The van der Waals surface area contributed by atoms with Gasteiger partial charge in [0, 0.05) is 24.9 Å². The smallest absolute Gasteiger partial charge is 0.349 e. The van der Waals surface area contributed by atoms with E-state index in [9.17, 15) is 31.6 Å². The fourth-order valence-electron chi connectivity index (χ4n) is 4.78. The number of aryl methyl sites for hydroxylation is 1. The molecule has 1 N–H and O–H groups in total. The molecule has 0 unspecified atom stereocenters. The fraction of sp³-hybridized carbons (Fsp3) is 0.577. The summed E-state index contributed by atoms with van der Waals surface area (Å²) < 4.78 is 65.2. The Morgan fingerprint density at radius 3 is 2.36 bits per heavy atom. The molecule has 2 aromatic rings. The summed E-state index contributed by atoms with van der Waals surface area (Å²) >= 11 is 13.1. The number of aromatic nitrogens is 2. The lowest BCUT2D eigenvalue weighted by Gasteiger charge is -2.34. The third-order valence-electron chi connectivity index (χ3n) is 7.43. The molecule has 0 bridgehead atoms. The lowest BCUT2D eigenvalue weighted by molar-refractivity contribution is -0.211. The van der Waals surface area contributed by atoms with Gasteiger partial charge in [-0.15, -0.1) is 0 Å². The summed E-state index contributed by atoms with van der Waals surface area (Å²) in [5, 5.41) is 16.5. The molecule has 1 saturated carbocycles. The van der Waals surface area contributed by atoms with Crippen LogP contribution < -0.4 is 5.32 Å². The minimum atomic E-state index is -4.39. The summed E-state index contributed by atoms with van der Waals surface area (Å²) in [6.45, 7) is 4.37. The molecule has 1 aliphatic carbocycles. The third-order valence-corrected chi connectivity index (χ3v) is 9.78. The van der Waals surface area contributed by atoms with Crippen molar-refractivity contribution >= 4 is 38.9 Å². The largest absolute Gasteiger partial charge is 0.394 e. The second-order valence-corrected chi connectivity index (χ2v) is 13.9. The first-order chi connectivity index (χ1) is 17.9. The number of hydrogen-bond acceptors (Lipinski definition) is 5. The van der Waals surface area contributed by atoms with Gasteiger partial charge in [0.05, 0.1) is 37.9 Å².